The Hall–Kier alpha value is -4.07. The van der Waals surface area contributed by atoms with E-state index in [4.69, 9.17) is 9.47 Å². The quantitative estimate of drug-likeness (QED) is 0.351. The molecule has 0 radical (unpaired) electrons. The molecule has 1 heterocycles. The van der Waals surface area contributed by atoms with Crippen LogP contribution in [0, 0.1) is 6.92 Å². The van der Waals surface area contributed by atoms with Crippen molar-refractivity contribution < 1.29 is 34.1 Å². The molecular formula is C26H25NO7. The summed E-state index contributed by atoms with van der Waals surface area (Å²) >= 11 is 0. The van der Waals surface area contributed by atoms with E-state index in [9.17, 15) is 24.6 Å². The highest BCUT2D eigenvalue weighted by Gasteiger charge is 2.56. The molecule has 0 amide bonds. The van der Waals surface area contributed by atoms with Gasteiger partial charge in [-0.1, -0.05) is 12.1 Å². The fraction of sp³-hybridized carbons (Fsp3) is 0.269. The van der Waals surface area contributed by atoms with Gasteiger partial charge in [0.25, 0.3) is 0 Å². The van der Waals surface area contributed by atoms with E-state index in [1.54, 1.807) is 14.0 Å². The average Bonchev–Trinajstić information content (AvgIpc) is 3.09. The van der Waals surface area contributed by atoms with Gasteiger partial charge in [0.1, 0.15) is 39.7 Å². The Morgan fingerprint density at radius 2 is 1.76 bits per heavy atom. The number of phenols is 2. The van der Waals surface area contributed by atoms with Gasteiger partial charge in [-0.25, -0.2) is 0 Å². The molecule has 2 aliphatic rings. The number of methoxy groups -OCH3 is 1. The Labute approximate surface area is 196 Å². The van der Waals surface area contributed by atoms with Crippen LogP contribution >= 0.6 is 0 Å². The number of fused-ring (bicyclic) bond motifs is 3. The third-order valence-corrected chi connectivity index (χ3v) is 6.48. The zero-order valence-electron chi connectivity index (χ0n) is 19.5. The van der Waals surface area contributed by atoms with Crippen LogP contribution < -0.4 is 14.8 Å². The van der Waals surface area contributed by atoms with Crippen molar-refractivity contribution in [1.82, 2.24) is 5.32 Å². The summed E-state index contributed by atoms with van der Waals surface area (Å²) in [6.07, 6.45) is 1.20. The van der Waals surface area contributed by atoms with Crippen LogP contribution in [0.4, 0.5) is 0 Å². The van der Waals surface area contributed by atoms with E-state index in [0.717, 1.165) is 5.56 Å². The van der Waals surface area contributed by atoms with Crippen LogP contribution in [0.2, 0.25) is 0 Å². The van der Waals surface area contributed by atoms with Crippen molar-refractivity contribution in [2.75, 3.05) is 7.11 Å². The molecular weight excluding hydrogens is 438 g/mol. The molecule has 1 aliphatic heterocycles. The number of hydrogen-bond donors (Lipinski definition) is 3. The third-order valence-electron chi connectivity index (χ3n) is 6.48. The molecule has 0 saturated heterocycles. The number of aromatic hydroxyl groups is 2. The molecule has 0 spiro atoms. The Morgan fingerprint density at radius 3 is 2.35 bits per heavy atom. The molecule has 8 heteroatoms. The van der Waals surface area contributed by atoms with Crippen LogP contribution in [-0.4, -0.2) is 34.7 Å². The lowest BCUT2D eigenvalue weighted by Gasteiger charge is -2.29. The highest BCUT2D eigenvalue weighted by atomic mass is 16.5. The maximum Gasteiger partial charge on any atom is 0.194 e. The molecule has 0 unspecified atom stereocenters. The minimum atomic E-state index is -1.53. The standard InChI is InChI=1S/C26H25NO7/c1-12-22(30)20(14(3)28)24-21(23(12)31)26(4)18(34-24)10-17(29)19(25(26)32)13(2)27-11-15-6-8-16(33-5)9-7-15/h6-10,27,30-31H,11H2,1-5H3/b19-13+/t26-/m0/s1. The van der Waals surface area contributed by atoms with E-state index in [2.05, 4.69) is 5.32 Å². The Balaban J connectivity index is 1.78. The first-order valence-corrected chi connectivity index (χ1v) is 10.7. The highest BCUT2D eigenvalue weighted by molar-refractivity contribution is 6.31. The Kier molecular flexibility index (Phi) is 5.47. The Morgan fingerprint density at radius 1 is 1.12 bits per heavy atom. The summed E-state index contributed by atoms with van der Waals surface area (Å²) in [6, 6.07) is 7.36. The van der Waals surface area contributed by atoms with Gasteiger partial charge in [-0.3, -0.25) is 14.4 Å². The van der Waals surface area contributed by atoms with E-state index < -0.39 is 28.5 Å². The maximum atomic E-state index is 13.8. The predicted molar refractivity (Wildman–Crippen MR) is 123 cm³/mol. The van der Waals surface area contributed by atoms with Gasteiger partial charge in [-0.15, -0.1) is 0 Å². The van der Waals surface area contributed by atoms with Crippen LogP contribution in [0.15, 0.2) is 47.4 Å². The van der Waals surface area contributed by atoms with E-state index in [0.29, 0.717) is 18.0 Å². The van der Waals surface area contributed by atoms with Gasteiger partial charge in [0, 0.05) is 23.9 Å². The van der Waals surface area contributed by atoms with Crippen molar-refractivity contribution in [3.63, 3.8) is 0 Å². The van der Waals surface area contributed by atoms with Crippen molar-refractivity contribution in [2.45, 2.75) is 39.7 Å². The number of hydrogen-bond acceptors (Lipinski definition) is 8. The molecule has 2 aromatic rings. The predicted octanol–water partition coefficient (Wildman–Crippen LogP) is 3.37. The monoisotopic (exact) mass is 463 g/mol. The van der Waals surface area contributed by atoms with Crippen molar-refractivity contribution in [1.29, 1.82) is 0 Å². The fourth-order valence-electron chi connectivity index (χ4n) is 4.43. The topological polar surface area (TPSA) is 122 Å². The lowest BCUT2D eigenvalue weighted by molar-refractivity contribution is -0.123. The highest BCUT2D eigenvalue weighted by Crippen LogP contribution is 2.57. The van der Waals surface area contributed by atoms with E-state index >= 15 is 0 Å². The van der Waals surface area contributed by atoms with Crippen molar-refractivity contribution >= 4 is 17.3 Å². The van der Waals surface area contributed by atoms with E-state index in [1.165, 1.54) is 26.8 Å². The first kappa shape index (κ1) is 23.1. The minimum absolute atomic E-state index is 0.00649. The molecule has 1 aliphatic carbocycles. The molecule has 0 fully saturated rings. The summed E-state index contributed by atoms with van der Waals surface area (Å²) in [5.41, 5.74) is -0.320. The van der Waals surface area contributed by atoms with Crippen LogP contribution in [-0.2, 0) is 21.5 Å². The Bertz CT molecular complexity index is 1320. The fourth-order valence-corrected chi connectivity index (χ4v) is 4.43. The normalized spacial score (nSPS) is 20.2. The van der Waals surface area contributed by atoms with Crippen molar-refractivity contribution in [2.24, 2.45) is 0 Å². The number of benzene rings is 2. The summed E-state index contributed by atoms with van der Waals surface area (Å²) in [6.45, 7) is 6.23. The van der Waals surface area contributed by atoms with Gasteiger partial charge < -0.3 is 25.0 Å². The summed E-state index contributed by atoms with van der Waals surface area (Å²) in [4.78, 5) is 39.0. The van der Waals surface area contributed by atoms with Crippen LogP contribution in [0.25, 0.3) is 0 Å². The van der Waals surface area contributed by atoms with E-state index in [-0.39, 0.29) is 39.5 Å². The smallest absolute Gasteiger partial charge is 0.194 e. The van der Waals surface area contributed by atoms with Gasteiger partial charge in [0.2, 0.25) is 0 Å². The number of phenolic OH excluding ortho intramolecular Hbond substituents is 2. The molecule has 176 valence electrons. The van der Waals surface area contributed by atoms with Crippen LogP contribution in [0.1, 0.15) is 47.8 Å². The number of rotatable bonds is 5. The first-order chi connectivity index (χ1) is 16.0. The largest absolute Gasteiger partial charge is 0.507 e. The van der Waals surface area contributed by atoms with Gasteiger partial charge in [0.15, 0.2) is 17.3 Å². The van der Waals surface area contributed by atoms with Gasteiger partial charge in [0.05, 0.1) is 18.2 Å². The number of carbonyl (C=O) groups excluding carboxylic acids is 3. The minimum Gasteiger partial charge on any atom is -0.507 e. The van der Waals surface area contributed by atoms with Crippen LogP contribution in [0.5, 0.6) is 23.0 Å². The number of ketones is 3. The average molecular weight is 463 g/mol. The molecule has 0 bridgehead atoms. The summed E-state index contributed by atoms with van der Waals surface area (Å²) in [7, 11) is 1.58. The zero-order chi connectivity index (χ0) is 24.9. The molecule has 0 saturated carbocycles. The number of ether oxygens (including phenoxy) is 2. The van der Waals surface area contributed by atoms with E-state index in [1.807, 2.05) is 24.3 Å². The van der Waals surface area contributed by atoms with Crippen molar-refractivity contribution in [3.8, 4) is 23.0 Å². The van der Waals surface area contributed by atoms with Gasteiger partial charge in [-0.05, 0) is 45.4 Å². The number of allylic oxidation sites excluding steroid dienone is 4. The van der Waals surface area contributed by atoms with Crippen LogP contribution in [0.3, 0.4) is 0 Å². The summed E-state index contributed by atoms with van der Waals surface area (Å²) in [5.74, 6) is -1.76. The molecule has 0 aromatic heterocycles. The maximum absolute atomic E-state index is 13.8. The molecule has 3 N–H and O–H groups in total. The third kappa shape index (κ3) is 3.25. The van der Waals surface area contributed by atoms with Gasteiger partial charge >= 0.3 is 0 Å². The molecule has 2 aromatic carbocycles. The second kappa shape index (κ2) is 8.06. The lowest BCUT2D eigenvalue weighted by Crippen LogP contribution is -2.41. The molecule has 1 atom stereocenters. The molecule has 8 nitrogen and oxygen atoms in total. The second-order valence-corrected chi connectivity index (χ2v) is 8.59. The number of nitrogens with one attached hydrogen (secondary N) is 1. The number of carbonyl (C=O) groups is 3. The van der Waals surface area contributed by atoms with Crippen molar-refractivity contribution in [3.05, 3.63) is 69.6 Å². The summed E-state index contributed by atoms with van der Waals surface area (Å²) in [5, 5.41) is 24.4. The lowest BCUT2D eigenvalue weighted by atomic mass is 9.70. The molecule has 34 heavy (non-hydrogen) atoms. The molecule has 4 rings (SSSR count). The zero-order valence-corrected chi connectivity index (χ0v) is 19.5. The summed E-state index contributed by atoms with van der Waals surface area (Å²) < 4.78 is 10.9. The first-order valence-electron chi connectivity index (χ1n) is 10.7. The number of Topliss-reactive ketones (excluding diaryl/α,β-unsaturated/α-hetero) is 2. The SMILES string of the molecule is COc1ccc(CN/C(C)=C2\C(=O)C=C3Oc4c(C(C)=O)c(O)c(C)c(O)c4[C@@]3(C)C2=O)cc1. The van der Waals surface area contributed by atoms with Gasteiger partial charge in [-0.2, -0.15) is 0 Å². The second-order valence-electron chi connectivity index (χ2n) is 8.59.